The van der Waals surface area contributed by atoms with Crippen molar-refractivity contribution in [2.24, 2.45) is 0 Å². The van der Waals surface area contributed by atoms with E-state index >= 15 is 0 Å². The van der Waals surface area contributed by atoms with Crippen LogP contribution in [-0.2, 0) is 10.3 Å². The molecular weight excluding hydrogens is 210 g/mol. The van der Waals surface area contributed by atoms with Crippen LogP contribution in [0.25, 0.3) is 0 Å². The van der Waals surface area contributed by atoms with E-state index in [4.69, 9.17) is 4.74 Å². The number of hydrogen-bond acceptors (Lipinski definition) is 4. The molecule has 1 aliphatic rings. The summed E-state index contributed by atoms with van der Waals surface area (Å²) in [5, 5.41) is 15.6. The third kappa shape index (κ3) is 2.78. The molecule has 0 spiro atoms. The van der Waals surface area contributed by atoms with Crippen LogP contribution in [0.1, 0.15) is 18.2 Å². The fourth-order valence-electron chi connectivity index (χ4n) is 1.71. The van der Waals surface area contributed by atoms with Gasteiger partial charge in [-0.2, -0.15) is 0 Å². The molecule has 3 nitrogen and oxygen atoms in total. The normalized spacial score (nSPS) is 25.3. The van der Waals surface area contributed by atoms with Crippen LogP contribution in [0.3, 0.4) is 0 Å². The monoisotopic (exact) mass is 227 g/mol. The lowest BCUT2D eigenvalue weighted by Gasteiger charge is -2.24. The van der Waals surface area contributed by atoms with Gasteiger partial charge in [-0.15, -0.1) is 11.3 Å². The summed E-state index contributed by atoms with van der Waals surface area (Å²) in [6, 6.07) is 4.33. The van der Waals surface area contributed by atoms with Gasteiger partial charge in [-0.1, -0.05) is 6.07 Å². The average Bonchev–Trinajstić information content (AvgIpc) is 2.88. The van der Waals surface area contributed by atoms with E-state index in [0.717, 1.165) is 24.5 Å². The molecule has 0 saturated carbocycles. The van der Waals surface area contributed by atoms with Gasteiger partial charge in [-0.05, 0) is 24.8 Å². The fourth-order valence-corrected chi connectivity index (χ4v) is 2.50. The van der Waals surface area contributed by atoms with Gasteiger partial charge in [0.15, 0.2) is 0 Å². The molecule has 1 fully saturated rings. The van der Waals surface area contributed by atoms with Gasteiger partial charge in [-0.25, -0.2) is 0 Å². The maximum absolute atomic E-state index is 10.2. The van der Waals surface area contributed by atoms with Crippen molar-refractivity contribution in [3.05, 3.63) is 22.4 Å². The van der Waals surface area contributed by atoms with Gasteiger partial charge in [0, 0.05) is 24.1 Å². The molecule has 2 unspecified atom stereocenters. The molecule has 1 saturated heterocycles. The van der Waals surface area contributed by atoms with E-state index in [9.17, 15) is 5.11 Å². The summed E-state index contributed by atoms with van der Waals surface area (Å²) in [4.78, 5) is 1.01. The SMILES string of the molecule is CC(O)(CNC1CCOC1)c1cccs1. The summed E-state index contributed by atoms with van der Waals surface area (Å²) in [6.45, 7) is 4.03. The summed E-state index contributed by atoms with van der Waals surface area (Å²) in [6.07, 6.45) is 1.04. The molecule has 2 rings (SSSR count). The molecule has 84 valence electrons. The first-order valence-corrected chi connectivity index (χ1v) is 6.14. The van der Waals surface area contributed by atoms with Crippen molar-refractivity contribution in [1.29, 1.82) is 0 Å². The molecule has 0 bridgehead atoms. The summed E-state index contributed by atoms with van der Waals surface area (Å²) in [5.74, 6) is 0. The summed E-state index contributed by atoms with van der Waals surface area (Å²) >= 11 is 1.59. The number of nitrogens with one attached hydrogen (secondary N) is 1. The molecule has 2 atom stereocenters. The zero-order valence-corrected chi connectivity index (χ0v) is 9.72. The van der Waals surface area contributed by atoms with Crippen molar-refractivity contribution in [1.82, 2.24) is 5.32 Å². The highest BCUT2D eigenvalue weighted by Crippen LogP contribution is 2.24. The van der Waals surface area contributed by atoms with Gasteiger partial charge in [0.05, 0.1) is 6.61 Å². The Kier molecular flexibility index (Phi) is 3.41. The molecule has 1 aliphatic heterocycles. The Morgan fingerprint density at radius 3 is 3.20 bits per heavy atom. The third-order valence-corrected chi connectivity index (χ3v) is 3.84. The number of hydrogen-bond donors (Lipinski definition) is 2. The van der Waals surface area contributed by atoms with E-state index in [1.165, 1.54) is 0 Å². The maximum atomic E-state index is 10.2. The van der Waals surface area contributed by atoms with E-state index < -0.39 is 5.60 Å². The van der Waals surface area contributed by atoms with Crippen LogP contribution in [-0.4, -0.2) is 30.9 Å². The van der Waals surface area contributed by atoms with Gasteiger partial charge < -0.3 is 15.2 Å². The van der Waals surface area contributed by atoms with Crippen LogP contribution in [0.5, 0.6) is 0 Å². The highest BCUT2D eigenvalue weighted by Gasteiger charge is 2.26. The lowest BCUT2D eigenvalue weighted by molar-refractivity contribution is 0.0568. The Hall–Kier alpha value is -0.420. The van der Waals surface area contributed by atoms with E-state index in [2.05, 4.69) is 5.32 Å². The largest absolute Gasteiger partial charge is 0.383 e. The molecular formula is C11H17NO2S. The highest BCUT2D eigenvalue weighted by atomic mass is 32.1. The van der Waals surface area contributed by atoms with Crippen molar-refractivity contribution >= 4 is 11.3 Å². The first kappa shape index (κ1) is 11.1. The summed E-state index contributed by atoms with van der Waals surface area (Å²) < 4.78 is 5.27. The van der Waals surface area contributed by atoms with Gasteiger partial charge in [-0.3, -0.25) is 0 Å². The second-order valence-electron chi connectivity index (χ2n) is 4.19. The average molecular weight is 227 g/mol. The second-order valence-corrected chi connectivity index (χ2v) is 5.14. The molecule has 4 heteroatoms. The lowest BCUT2D eigenvalue weighted by atomic mass is 10.0. The van der Waals surface area contributed by atoms with Crippen molar-refractivity contribution in [2.45, 2.75) is 25.0 Å². The van der Waals surface area contributed by atoms with Crippen LogP contribution in [0, 0.1) is 0 Å². The summed E-state index contributed by atoms with van der Waals surface area (Å²) in [7, 11) is 0. The first-order valence-electron chi connectivity index (χ1n) is 5.26. The number of rotatable bonds is 4. The van der Waals surface area contributed by atoms with Gasteiger partial charge in [0.2, 0.25) is 0 Å². The highest BCUT2D eigenvalue weighted by molar-refractivity contribution is 7.10. The summed E-state index contributed by atoms with van der Waals surface area (Å²) in [5.41, 5.74) is -0.767. The Bertz CT molecular complexity index is 292. The van der Waals surface area contributed by atoms with E-state index in [1.54, 1.807) is 11.3 Å². The van der Waals surface area contributed by atoms with Crippen LogP contribution in [0.15, 0.2) is 17.5 Å². The zero-order chi connectivity index (χ0) is 10.7. The Morgan fingerprint density at radius 2 is 2.60 bits per heavy atom. The smallest absolute Gasteiger partial charge is 0.108 e. The molecule has 0 aromatic carbocycles. The molecule has 1 aromatic rings. The number of ether oxygens (including phenoxy) is 1. The van der Waals surface area contributed by atoms with E-state index in [0.29, 0.717) is 12.6 Å². The van der Waals surface area contributed by atoms with Crippen molar-refractivity contribution in [2.75, 3.05) is 19.8 Å². The molecule has 1 aromatic heterocycles. The minimum atomic E-state index is -0.767. The third-order valence-electron chi connectivity index (χ3n) is 2.72. The van der Waals surface area contributed by atoms with E-state index in [1.807, 2.05) is 24.4 Å². The maximum Gasteiger partial charge on any atom is 0.108 e. The molecule has 0 radical (unpaired) electrons. The van der Waals surface area contributed by atoms with Gasteiger partial charge in [0.1, 0.15) is 5.60 Å². The molecule has 2 heterocycles. The number of thiophene rings is 1. The van der Waals surface area contributed by atoms with Gasteiger partial charge >= 0.3 is 0 Å². The standard InChI is InChI=1S/C11H17NO2S/c1-11(13,10-3-2-6-15-10)8-12-9-4-5-14-7-9/h2-3,6,9,12-13H,4-5,7-8H2,1H3. The Balaban J connectivity index is 1.87. The Labute approximate surface area is 94.1 Å². The predicted octanol–water partition coefficient (Wildman–Crippen LogP) is 1.33. The van der Waals surface area contributed by atoms with Crippen molar-refractivity contribution in [3.8, 4) is 0 Å². The second kappa shape index (κ2) is 4.61. The number of aliphatic hydroxyl groups is 1. The van der Waals surface area contributed by atoms with Gasteiger partial charge in [0.25, 0.3) is 0 Å². The van der Waals surface area contributed by atoms with Crippen LogP contribution < -0.4 is 5.32 Å². The van der Waals surface area contributed by atoms with Crippen LogP contribution in [0.4, 0.5) is 0 Å². The van der Waals surface area contributed by atoms with Crippen LogP contribution in [0.2, 0.25) is 0 Å². The lowest BCUT2D eigenvalue weighted by Crippen LogP contribution is -2.40. The van der Waals surface area contributed by atoms with Crippen molar-refractivity contribution in [3.63, 3.8) is 0 Å². The van der Waals surface area contributed by atoms with E-state index in [-0.39, 0.29) is 0 Å². The van der Waals surface area contributed by atoms with Crippen molar-refractivity contribution < 1.29 is 9.84 Å². The van der Waals surface area contributed by atoms with Crippen LogP contribution >= 0.6 is 11.3 Å². The topological polar surface area (TPSA) is 41.5 Å². The minimum Gasteiger partial charge on any atom is -0.383 e. The molecule has 0 amide bonds. The fraction of sp³-hybridized carbons (Fsp3) is 0.636. The molecule has 0 aliphatic carbocycles. The predicted molar refractivity (Wildman–Crippen MR) is 61.1 cm³/mol. The molecule has 15 heavy (non-hydrogen) atoms. The quantitative estimate of drug-likeness (QED) is 0.815. The first-order chi connectivity index (χ1) is 7.18. The minimum absolute atomic E-state index is 0.399. The molecule has 2 N–H and O–H groups in total. The zero-order valence-electron chi connectivity index (χ0n) is 8.90. The Morgan fingerprint density at radius 1 is 1.73 bits per heavy atom.